The highest BCUT2D eigenvalue weighted by atomic mass is 35.5. The number of alkyl halides is 2. The van der Waals surface area contributed by atoms with E-state index in [4.69, 9.17) is 16.7 Å². The maximum atomic E-state index is 12.0. The number of halogens is 3. The molecule has 16 heavy (non-hydrogen) atoms. The number of benzene rings is 1. The van der Waals surface area contributed by atoms with Crippen LogP contribution in [0.4, 0.5) is 14.5 Å². The Morgan fingerprint density at radius 1 is 1.38 bits per heavy atom. The van der Waals surface area contributed by atoms with E-state index < -0.39 is 23.9 Å². The van der Waals surface area contributed by atoms with Crippen LogP contribution in [0.25, 0.3) is 0 Å². The maximum absolute atomic E-state index is 12.0. The van der Waals surface area contributed by atoms with Crippen LogP contribution < -0.4 is 5.32 Å². The lowest BCUT2D eigenvalue weighted by atomic mass is 10.2. The number of carbonyl (C=O) groups is 2. The van der Waals surface area contributed by atoms with E-state index in [0.717, 1.165) is 0 Å². The van der Waals surface area contributed by atoms with Crippen LogP contribution in [0.1, 0.15) is 10.4 Å². The molecular weight excluding hydrogens is 244 g/mol. The molecule has 1 aromatic carbocycles. The molecule has 0 aliphatic carbocycles. The molecular formula is C9H6ClF2NO3. The van der Waals surface area contributed by atoms with Gasteiger partial charge in [0.2, 0.25) is 0 Å². The second kappa shape index (κ2) is 4.89. The van der Waals surface area contributed by atoms with Crippen molar-refractivity contribution >= 4 is 29.2 Å². The van der Waals surface area contributed by atoms with Gasteiger partial charge < -0.3 is 10.4 Å². The normalized spacial score (nSPS) is 10.2. The van der Waals surface area contributed by atoms with Crippen molar-refractivity contribution in [1.29, 1.82) is 0 Å². The lowest BCUT2D eigenvalue weighted by Gasteiger charge is -2.08. The summed E-state index contributed by atoms with van der Waals surface area (Å²) in [6, 6.07) is 3.80. The third-order valence-corrected chi connectivity index (χ3v) is 2.00. The summed E-state index contributed by atoms with van der Waals surface area (Å²) in [5.74, 6) is -2.99. The van der Waals surface area contributed by atoms with Gasteiger partial charge in [0.05, 0.1) is 10.7 Å². The molecule has 7 heteroatoms. The van der Waals surface area contributed by atoms with Crippen LogP contribution in [0.15, 0.2) is 18.2 Å². The number of carbonyl (C=O) groups excluding carboxylic acids is 1. The Morgan fingerprint density at radius 2 is 2.00 bits per heavy atom. The van der Waals surface area contributed by atoms with E-state index in [2.05, 4.69) is 0 Å². The first-order valence-corrected chi connectivity index (χ1v) is 4.42. The molecule has 0 spiro atoms. The number of rotatable bonds is 3. The van der Waals surface area contributed by atoms with Crippen LogP contribution in [0.5, 0.6) is 0 Å². The summed E-state index contributed by atoms with van der Waals surface area (Å²) in [6.45, 7) is 0. The minimum atomic E-state index is -3.22. The van der Waals surface area contributed by atoms with Gasteiger partial charge in [0.15, 0.2) is 0 Å². The summed E-state index contributed by atoms with van der Waals surface area (Å²) in [6.07, 6.45) is -3.22. The minimum absolute atomic E-state index is 0.139. The van der Waals surface area contributed by atoms with Crippen molar-refractivity contribution in [3.63, 3.8) is 0 Å². The Kier molecular flexibility index (Phi) is 3.78. The van der Waals surface area contributed by atoms with Crippen molar-refractivity contribution in [3.05, 3.63) is 28.8 Å². The van der Waals surface area contributed by atoms with Crippen LogP contribution in [0.3, 0.4) is 0 Å². The number of nitrogens with one attached hydrogen (secondary N) is 1. The molecule has 1 amide bonds. The van der Waals surface area contributed by atoms with Gasteiger partial charge in [-0.1, -0.05) is 17.7 Å². The fourth-order valence-electron chi connectivity index (χ4n) is 1.03. The molecule has 4 nitrogen and oxygen atoms in total. The van der Waals surface area contributed by atoms with E-state index in [0.29, 0.717) is 0 Å². The van der Waals surface area contributed by atoms with Gasteiger partial charge in [0.25, 0.3) is 5.91 Å². The van der Waals surface area contributed by atoms with Gasteiger partial charge >= 0.3 is 12.4 Å². The third kappa shape index (κ3) is 2.66. The molecule has 2 N–H and O–H groups in total. The van der Waals surface area contributed by atoms with E-state index in [-0.39, 0.29) is 10.7 Å². The van der Waals surface area contributed by atoms with Crippen molar-refractivity contribution in [2.24, 2.45) is 0 Å². The molecule has 0 fully saturated rings. The standard InChI is InChI=1S/C9H6ClF2NO3/c10-4-2-1-3-5(6(4)9(15)16)13-8(14)7(11)12/h1-3,7H,(H,13,14)(H,15,16). The van der Waals surface area contributed by atoms with Gasteiger partial charge in [-0.15, -0.1) is 0 Å². The van der Waals surface area contributed by atoms with Crippen LogP contribution in [0, 0.1) is 0 Å². The zero-order valence-electron chi connectivity index (χ0n) is 7.71. The molecule has 86 valence electrons. The Hall–Kier alpha value is -1.69. The number of aromatic carboxylic acids is 1. The summed E-state index contributed by atoms with van der Waals surface area (Å²) in [4.78, 5) is 21.5. The molecule has 0 aliphatic heterocycles. The van der Waals surface area contributed by atoms with Crippen molar-refractivity contribution in [1.82, 2.24) is 0 Å². The van der Waals surface area contributed by atoms with Crippen LogP contribution >= 0.6 is 11.6 Å². The molecule has 0 aromatic heterocycles. The molecule has 0 radical (unpaired) electrons. The topological polar surface area (TPSA) is 66.4 Å². The summed E-state index contributed by atoms with van der Waals surface area (Å²) < 4.78 is 23.9. The first kappa shape index (κ1) is 12.4. The fraction of sp³-hybridized carbons (Fsp3) is 0.111. The summed E-state index contributed by atoms with van der Waals surface area (Å²) in [5, 5.41) is 10.4. The van der Waals surface area contributed by atoms with Gasteiger partial charge in [-0.3, -0.25) is 4.79 Å². The molecule has 0 unspecified atom stereocenters. The molecule has 1 rings (SSSR count). The zero-order valence-corrected chi connectivity index (χ0v) is 8.46. The second-order valence-corrected chi connectivity index (χ2v) is 3.16. The summed E-state index contributed by atoms with van der Waals surface area (Å²) in [7, 11) is 0. The van der Waals surface area contributed by atoms with Crippen LogP contribution in [0.2, 0.25) is 5.02 Å². The molecule has 0 saturated carbocycles. The van der Waals surface area contributed by atoms with E-state index >= 15 is 0 Å². The van der Waals surface area contributed by atoms with Gasteiger partial charge in [-0.25, -0.2) is 4.79 Å². The van der Waals surface area contributed by atoms with Gasteiger partial charge in [-0.05, 0) is 12.1 Å². The van der Waals surface area contributed by atoms with E-state index in [1.807, 2.05) is 0 Å². The second-order valence-electron chi connectivity index (χ2n) is 2.76. The minimum Gasteiger partial charge on any atom is -0.478 e. The van der Waals surface area contributed by atoms with E-state index in [1.54, 1.807) is 5.32 Å². The number of carboxylic acids is 1. The fourth-order valence-corrected chi connectivity index (χ4v) is 1.29. The molecule has 0 saturated heterocycles. The molecule has 0 atom stereocenters. The zero-order chi connectivity index (χ0) is 12.3. The largest absolute Gasteiger partial charge is 0.478 e. The molecule has 0 heterocycles. The quantitative estimate of drug-likeness (QED) is 0.863. The van der Waals surface area contributed by atoms with E-state index in [9.17, 15) is 18.4 Å². The number of amides is 1. The molecule has 0 bridgehead atoms. The highest BCUT2D eigenvalue weighted by molar-refractivity contribution is 6.34. The number of carboxylic acid groups (broad SMARTS) is 1. The highest BCUT2D eigenvalue weighted by Gasteiger charge is 2.20. The third-order valence-electron chi connectivity index (χ3n) is 1.68. The van der Waals surface area contributed by atoms with Gasteiger partial charge in [0, 0.05) is 0 Å². The summed E-state index contributed by atoms with van der Waals surface area (Å²) >= 11 is 5.57. The van der Waals surface area contributed by atoms with Crippen molar-refractivity contribution < 1.29 is 23.5 Å². The average molecular weight is 250 g/mol. The lowest BCUT2D eigenvalue weighted by Crippen LogP contribution is -2.21. The maximum Gasteiger partial charge on any atom is 0.339 e. The van der Waals surface area contributed by atoms with Gasteiger partial charge in [-0.2, -0.15) is 8.78 Å². The Bertz CT molecular complexity index is 437. The number of anilines is 1. The smallest absolute Gasteiger partial charge is 0.339 e. The predicted octanol–water partition coefficient (Wildman–Crippen LogP) is 2.24. The summed E-state index contributed by atoms with van der Waals surface area (Å²) in [5.41, 5.74) is -0.677. The Balaban J connectivity index is 3.09. The van der Waals surface area contributed by atoms with Crippen molar-refractivity contribution in [2.75, 3.05) is 5.32 Å². The van der Waals surface area contributed by atoms with Crippen molar-refractivity contribution in [3.8, 4) is 0 Å². The van der Waals surface area contributed by atoms with E-state index in [1.165, 1.54) is 18.2 Å². The Labute approximate surface area is 93.8 Å². The average Bonchev–Trinajstić information content (AvgIpc) is 2.16. The monoisotopic (exact) mass is 249 g/mol. The number of hydrogen-bond donors (Lipinski definition) is 2. The highest BCUT2D eigenvalue weighted by Crippen LogP contribution is 2.24. The SMILES string of the molecule is O=C(O)c1c(Cl)cccc1NC(=O)C(F)F. The van der Waals surface area contributed by atoms with Gasteiger partial charge in [0.1, 0.15) is 5.56 Å². The van der Waals surface area contributed by atoms with Crippen LogP contribution in [-0.2, 0) is 4.79 Å². The van der Waals surface area contributed by atoms with Crippen LogP contribution in [-0.4, -0.2) is 23.4 Å². The lowest BCUT2D eigenvalue weighted by molar-refractivity contribution is -0.126. The number of hydrogen-bond acceptors (Lipinski definition) is 2. The first-order chi connectivity index (χ1) is 7.43. The molecule has 1 aromatic rings. The Morgan fingerprint density at radius 3 is 2.50 bits per heavy atom. The molecule has 0 aliphatic rings. The van der Waals surface area contributed by atoms with Crippen molar-refractivity contribution in [2.45, 2.75) is 6.43 Å². The first-order valence-electron chi connectivity index (χ1n) is 4.04. The predicted molar refractivity (Wildman–Crippen MR) is 53.0 cm³/mol.